The topological polar surface area (TPSA) is 77.6 Å². The van der Waals surface area contributed by atoms with Gasteiger partial charge in [0, 0.05) is 13.0 Å². The Morgan fingerprint density at radius 2 is 1.45 bits per heavy atom. The van der Waals surface area contributed by atoms with Gasteiger partial charge in [-0.2, -0.15) is 0 Å². The Morgan fingerprint density at radius 3 is 2.02 bits per heavy atom. The number of benzene rings is 3. The molecule has 2 amide bonds. The quantitative estimate of drug-likeness (QED) is 0.287. The zero-order chi connectivity index (χ0) is 28.9. The van der Waals surface area contributed by atoms with E-state index >= 15 is 0 Å². The number of rotatable bonds is 8. The van der Waals surface area contributed by atoms with Crippen LogP contribution >= 0.6 is 0 Å². The molecule has 0 fully saturated rings. The van der Waals surface area contributed by atoms with Gasteiger partial charge in [-0.3, -0.25) is 4.79 Å². The molecule has 1 unspecified atom stereocenters. The zero-order valence-corrected chi connectivity index (χ0v) is 24.4. The molecule has 4 aromatic rings. The van der Waals surface area contributed by atoms with Gasteiger partial charge in [0.15, 0.2) is 0 Å². The molecule has 0 saturated heterocycles. The molecule has 0 bridgehead atoms. The maximum absolute atomic E-state index is 13.2. The fourth-order valence-corrected chi connectivity index (χ4v) is 4.72. The van der Waals surface area contributed by atoms with Crippen LogP contribution in [0.3, 0.4) is 0 Å². The van der Waals surface area contributed by atoms with E-state index in [-0.39, 0.29) is 11.9 Å². The van der Waals surface area contributed by atoms with Crippen LogP contribution in [0.2, 0.25) is 0 Å². The second-order valence-electron chi connectivity index (χ2n) is 11.3. The number of nitrogens with one attached hydrogen (secondary N) is 1. The highest BCUT2D eigenvalue weighted by Crippen LogP contribution is 2.22. The summed E-state index contributed by atoms with van der Waals surface area (Å²) in [5.41, 5.74) is 6.26. The molecule has 0 aliphatic heterocycles. The standard InChI is InChI=1S/C33H40N4O3/c1-7-30(38)34-21-27(20-25-16-12-23(2)13-17-25)37-29-11-9-8-10-28(29)36(22-26-18-14-24(3)15-19-26)31(37)35-32(39)40-33(4,5)6/h8-19,27H,7,20-22H2,1-6H3,(H,34,38)/b35-31+. The molecule has 0 spiro atoms. The van der Waals surface area contributed by atoms with Gasteiger partial charge in [0.05, 0.1) is 23.6 Å². The van der Waals surface area contributed by atoms with Crippen molar-refractivity contribution in [3.05, 3.63) is 101 Å². The normalized spacial score (nSPS) is 12.9. The molecule has 1 aromatic heterocycles. The van der Waals surface area contributed by atoms with Crippen molar-refractivity contribution in [1.82, 2.24) is 14.5 Å². The van der Waals surface area contributed by atoms with Crippen LogP contribution in [0.1, 0.15) is 62.4 Å². The lowest BCUT2D eigenvalue weighted by Crippen LogP contribution is -2.38. The second kappa shape index (κ2) is 12.4. The lowest BCUT2D eigenvalue weighted by Gasteiger charge is -2.21. The van der Waals surface area contributed by atoms with Crippen LogP contribution in [0.5, 0.6) is 0 Å². The van der Waals surface area contributed by atoms with E-state index in [9.17, 15) is 9.59 Å². The fourth-order valence-electron chi connectivity index (χ4n) is 4.72. The van der Waals surface area contributed by atoms with Gasteiger partial charge >= 0.3 is 6.09 Å². The summed E-state index contributed by atoms with van der Waals surface area (Å²) >= 11 is 0. The molecule has 0 aliphatic rings. The Bertz CT molecular complexity index is 1540. The van der Waals surface area contributed by atoms with E-state index in [4.69, 9.17) is 4.74 Å². The number of ether oxygens (including phenoxy) is 1. The Kier molecular flexibility index (Phi) is 8.93. The van der Waals surface area contributed by atoms with Gasteiger partial charge < -0.3 is 19.2 Å². The van der Waals surface area contributed by atoms with Crippen molar-refractivity contribution >= 4 is 23.0 Å². The maximum atomic E-state index is 13.2. The summed E-state index contributed by atoms with van der Waals surface area (Å²) in [6.45, 7) is 12.4. The smallest absolute Gasteiger partial charge is 0.437 e. The van der Waals surface area contributed by atoms with Gasteiger partial charge in [0.25, 0.3) is 0 Å². The van der Waals surface area contributed by atoms with Crippen LogP contribution in [0.4, 0.5) is 4.79 Å². The molecule has 0 aliphatic carbocycles. The highest BCUT2D eigenvalue weighted by Gasteiger charge is 2.23. The first kappa shape index (κ1) is 28.9. The van der Waals surface area contributed by atoms with E-state index in [0.717, 1.165) is 22.2 Å². The van der Waals surface area contributed by atoms with Crippen LogP contribution in [0, 0.1) is 13.8 Å². The highest BCUT2D eigenvalue weighted by molar-refractivity contribution is 5.78. The number of nitrogens with zero attached hydrogens (tertiary/aromatic N) is 3. The van der Waals surface area contributed by atoms with Gasteiger partial charge in [-0.1, -0.05) is 78.7 Å². The first-order valence-electron chi connectivity index (χ1n) is 13.9. The number of para-hydroxylation sites is 2. The zero-order valence-electron chi connectivity index (χ0n) is 24.4. The molecule has 1 heterocycles. The van der Waals surface area contributed by atoms with Gasteiger partial charge in [0.2, 0.25) is 11.5 Å². The number of carbonyl (C=O) groups excluding carboxylic acids is 2. The van der Waals surface area contributed by atoms with Crippen molar-refractivity contribution in [3.63, 3.8) is 0 Å². The third-order valence-corrected chi connectivity index (χ3v) is 6.75. The average molecular weight is 541 g/mol. The van der Waals surface area contributed by atoms with E-state index in [2.05, 4.69) is 81.8 Å². The van der Waals surface area contributed by atoms with E-state index in [1.807, 2.05) is 52.0 Å². The first-order valence-corrected chi connectivity index (χ1v) is 13.9. The van der Waals surface area contributed by atoms with Crippen LogP contribution in [-0.4, -0.2) is 33.3 Å². The number of fused-ring (bicyclic) bond motifs is 1. The predicted molar refractivity (Wildman–Crippen MR) is 159 cm³/mol. The summed E-state index contributed by atoms with van der Waals surface area (Å²) in [7, 11) is 0. The Morgan fingerprint density at radius 1 is 0.875 bits per heavy atom. The van der Waals surface area contributed by atoms with E-state index in [1.165, 1.54) is 11.1 Å². The number of imidazole rings is 1. The van der Waals surface area contributed by atoms with Gasteiger partial charge in [-0.05, 0) is 64.3 Å². The van der Waals surface area contributed by atoms with E-state index in [0.29, 0.717) is 31.5 Å². The number of amides is 2. The molecule has 0 radical (unpaired) electrons. The monoisotopic (exact) mass is 540 g/mol. The third kappa shape index (κ3) is 7.29. The molecule has 7 heteroatoms. The minimum Gasteiger partial charge on any atom is -0.442 e. The fraction of sp³-hybridized carbons (Fsp3) is 0.364. The summed E-state index contributed by atoms with van der Waals surface area (Å²) in [5.74, 6) is -0.0245. The summed E-state index contributed by atoms with van der Waals surface area (Å²) in [6.07, 6.45) is 0.386. The number of aromatic nitrogens is 2. The van der Waals surface area contributed by atoms with Crippen LogP contribution in [0.15, 0.2) is 77.8 Å². The Balaban J connectivity index is 1.94. The number of carbonyl (C=O) groups is 2. The largest absolute Gasteiger partial charge is 0.442 e. The molecule has 0 saturated carbocycles. The van der Waals surface area contributed by atoms with Gasteiger partial charge in [-0.15, -0.1) is 4.99 Å². The van der Waals surface area contributed by atoms with Crippen molar-refractivity contribution in [2.24, 2.45) is 4.99 Å². The third-order valence-electron chi connectivity index (χ3n) is 6.75. The number of hydrogen-bond donors (Lipinski definition) is 1. The van der Waals surface area contributed by atoms with E-state index < -0.39 is 11.7 Å². The first-order chi connectivity index (χ1) is 19.0. The molecule has 1 atom stereocenters. The molecular formula is C33H40N4O3. The second-order valence-corrected chi connectivity index (χ2v) is 11.3. The molecule has 7 nitrogen and oxygen atoms in total. The SMILES string of the molecule is CCC(=O)NCC(Cc1ccc(C)cc1)n1/c(=N/C(=O)OC(C)(C)C)n(Cc2ccc(C)cc2)c2ccccc21. The minimum atomic E-state index is -0.685. The molecule has 40 heavy (non-hydrogen) atoms. The van der Waals surface area contributed by atoms with Gasteiger partial charge in [-0.25, -0.2) is 4.79 Å². The van der Waals surface area contributed by atoms with Crippen LogP contribution < -0.4 is 10.9 Å². The molecule has 4 rings (SSSR count). The highest BCUT2D eigenvalue weighted by atomic mass is 16.6. The van der Waals surface area contributed by atoms with Crippen LogP contribution in [0.25, 0.3) is 11.0 Å². The number of aryl methyl sites for hydroxylation is 2. The van der Waals surface area contributed by atoms with Crippen molar-refractivity contribution < 1.29 is 14.3 Å². The minimum absolute atomic E-state index is 0.0245. The van der Waals surface area contributed by atoms with Crippen molar-refractivity contribution in [2.45, 2.75) is 72.6 Å². The molecular weight excluding hydrogens is 500 g/mol. The summed E-state index contributed by atoms with van der Waals surface area (Å²) in [5, 5.41) is 3.08. The molecule has 210 valence electrons. The predicted octanol–water partition coefficient (Wildman–Crippen LogP) is 6.25. The van der Waals surface area contributed by atoms with Gasteiger partial charge in [0.1, 0.15) is 5.60 Å². The van der Waals surface area contributed by atoms with Crippen molar-refractivity contribution in [2.75, 3.05) is 6.54 Å². The lowest BCUT2D eigenvalue weighted by molar-refractivity contribution is -0.120. The summed E-state index contributed by atoms with van der Waals surface area (Å²) in [6, 6.07) is 24.6. The van der Waals surface area contributed by atoms with Crippen LogP contribution in [-0.2, 0) is 22.5 Å². The van der Waals surface area contributed by atoms with Crippen molar-refractivity contribution in [3.8, 4) is 0 Å². The maximum Gasteiger partial charge on any atom is 0.437 e. The molecule has 1 N–H and O–H groups in total. The van der Waals surface area contributed by atoms with Crippen molar-refractivity contribution in [1.29, 1.82) is 0 Å². The summed E-state index contributed by atoms with van der Waals surface area (Å²) in [4.78, 5) is 30.1. The molecule has 3 aromatic carbocycles. The van der Waals surface area contributed by atoms with E-state index in [1.54, 1.807) is 0 Å². The average Bonchev–Trinajstić information content (AvgIpc) is 3.20. The summed E-state index contributed by atoms with van der Waals surface area (Å²) < 4.78 is 9.79. The Labute approximate surface area is 236 Å². The Hall–Kier alpha value is -4.13. The number of hydrogen-bond acceptors (Lipinski definition) is 3. The lowest BCUT2D eigenvalue weighted by atomic mass is 10.0.